The summed E-state index contributed by atoms with van der Waals surface area (Å²) in [4.78, 5) is 18.6. The molecule has 0 spiro atoms. The first kappa shape index (κ1) is 12.0. The van der Waals surface area contributed by atoms with E-state index < -0.39 is 0 Å². The van der Waals surface area contributed by atoms with Crippen LogP contribution in [0, 0.1) is 0 Å². The fourth-order valence-electron chi connectivity index (χ4n) is 2.28. The van der Waals surface area contributed by atoms with E-state index in [0.717, 1.165) is 25.9 Å². The molecule has 1 saturated heterocycles. The van der Waals surface area contributed by atoms with Crippen molar-refractivity contribution in [1.29, 1.82) is 0 Å². The van der Waals surface area contributed by atoms with E-state index in [9.17, 15) is 4.79 Å². The van der Waals surface area contributed by atoms with Crippen molar-refractivity contribution in [2.24, 2.45) is 0 Å². The molecule has 0 aromatic carbocycles. The van der Waals surface area contributed by atoms with Gasteiger partial charge in [0, 0.05) is 6.04 Å². The number of fused-ring (bicyclic) bond motifs is 1. The highest BCUT2D eigenvalue weighted by atomic mass is 16.1. The molecule has 3 heterocycles. The highest BCUT2D eigenvalue weighted by Crippen LogP contribution is 2.10. The minimum atomic E-state index is -0.139. The van der Waals surface area contributed by atoms with Gasteiger partial charge in [0.2, 0.25) is 5.65 Å². The molecule has 2 aromatic rings. The lowest BCUT2D eigenvalue weighted by molar-refractivity contribution is 0.0912. The Hall–Kier alpha value is -2.02. The molecule has 0 aliphatic carbocycles. The van der Waals surface area contributed by atoms with Gasteiger partial charge in [-0.25, -0.2) is 4.98 Å². The first-order valence-corrected chi connectivity index (χ1v) is 6.39. The van der Waals surface area contributed by atoms with Crippen LogP contribution in [0.3, 0.4) is 0 Å². The SMILES string of the molecule is CN1CCC(NC(=O)c2ccc3n[nH]nc3n2)CC1. The van der Waals surface area contributed by atoms with Crippen molar-refractivity contribution in [1.82, 2.24) is 30.6 Å². The Morgan fingerprint density at radius 3 is 2.95 bits per heavy atom. The Morgan fingerprint density at radius 1 is 1.37 bits per heavy atom. The first-order valence-electron chi connectivity index (χ1n) is 6.39. The minimum Gasteiger partial charge on any atom is -0.348 e. The molecule has 2 N–H and O–H groups in total. The van der Waals surface area contributed by atoms with E-state index in [4.69, 9.17) is 0 Å². The van der Waals surface area contributed by atoms with Crippen LogP contribution in [0.4, 0.5) is 0 Å². The Balaban J connectivity index is 1.69. The number of carbonyl (C=O) groups excluding carboxylic acids is 1. The zero-order valence-corrected chi connectivity index (χ0v) is 10.8. The second-order valence-corrected chi connectivity index (χ2v) is 4.91. The predicted molar refractivity (Wildman–Crippen MR) is 69.7 cm³/mol. The van der Waals surface area contributed by atoms with Crippen molar-refractivity contribution >= 4 is 17.1 Å². The van der Waals surface area contributed by atoms with Gasteiger partial charge < -0.3 is 10.2 Å². The Bertz CT molecular complexity index is 587. The third kappa shape index (κ3) is 2.55. The van der Waals surface area contributed by atoms with E-state index in [1.165, 1.54) is 0 Å². The van der Waals surface area contributed by atoms with Crippen LogP contribution in [-0.2, 0) is 0 Å². The van der Waals surface area contributed by atoms with E-state index in [0.29, 0.717) is 16.9 Å². The molecular weight excluding hydrogens is 244 g/mol. The number of nitrogens with one attached hydrogen (secondary N) is 2. The van der Waals surface area contributed by atoms with E-state index in [1.54, 1.807) is 12.1 Å². The molecule has 0 saturated carbocycles. The number of H-pyrrole nitrogens is 1. The maximum absolute atomic E-state index is 12.1. The van der Waals surface area contributed by atoms with E-state index >= 15 is 0 Å². The van der Waals surface area contributed by atoms with Gasteiger partial charge in [-0.05, 0) is 45.1 Å². The van der Waals surface area contributed by atoms with Gasteiger partial charge in [0.1, 0.15) is 11.2 Å². The molecule has 1 aliphatic rings. The monoisotopic (exact) mass is 260 g/mol. The quantitative estimate of drug-likeness (QED) is 0.804. The summed E-state index contributed by atoms with van der Waals surface area (Å²) in [6.45, 7) is 2.03. The Labute approximate surface area is 110 Å². The average Bonchev–Trinajstić information content (AvgIpc) is 2.88. The van der Waals surface area contributed by atoms with Crippen LogP contribution in [0.25, 0.3) is 11.2 Å². The van der Waals surface area contributed by atoms with Gasteiger partial charge in [-0.2, -0.15) is 10.3 Å². The fourth-order valence-corrected chi connectivity index (χ4v) is 2.28. The van der Waals surface area contributed by atoms with Gasteiger partial charge >= 0.3 is 0 Å². The smallest absolute Gasteiger partial charge is 0.270 e. The summed E-state index contributed by atoms with van der Waals surface area (Å²) < 4.78 is 0. The lowest BCUT2D eigenvalue weighted by Crippen LogP contribution is -2.43. The predicted octanol–water partition coefficient (Wildman–Crippen LogP) is 0.177. The number of rotatable bonds is 2. The molecular formula is C12H16N6O. The van der Waals surface area contributed by atoms with Crippen LogP contribution in [-0.4, -0.2) is 57.4 Å². The highest BCUT2D eigenvalue weighted by Gasteiger charge is 2.19. The summed E-state index contributed by atoms with van der Waals surface area (Å²) in [5.74, 6) is -0.139. The van der Waals surface area contributed by atoms with Crippen LogP contribution in [0.5, 0.6) is 0 Å². The van der Waals surface area contributed by atoms with Crippen LogP contribution in [0.15, 0.2) is 12.1 Å². The second kappa shape index (κ2) is 4.93. The number of aromatic nitrogens is 4. The highest BCUT2D eigenvalue weighted by molar-refractivity contribution is 5.94. The standard InChI is InChI=1S/C12H16N6O/c1-18-6-4-8(5-7-18)13-12(19)10-3-2-9-11(14-10)16-17-15-9/h2-3,8H,4-7H2,1H3,(H,13,19)(H,14,15,16,17). The summed E-state index contributed by atoms with van der Waals surface area (Å²) in [5.41, 5.74) is 1.52. The van der Waals surface area contributed by atoms with E-state index in [-0.39, 0.29) is 11.9 Å². The number of nitrogens with zero attached hydrogens (tertiary/aromatic N) is 4. The number of amides is 1. The molecule has 1 amide bonds. The lowest BCUT2D eigenvalue weighted by atomic mass is 10.1. The Morgan fingerprint density at radius 2 is 2.16 bits per heavy atom. The summed E-state index contributed by atoms with van der Waals surface area (Å²) in [7, 11) is 2.10. The number of hydrogen-bond acceptors (Lipinski definition) is 5. The van der Waals surface area contributed by atoms with Crippen LogP contribution in [0.1, 0.15) is 23.3 Å². The molecule has 0 atom stereocenters. The van der Waals surface area contributed by atoms with E-state index in [2.05, 4.69) is 37.7 Å². The number of hydrogen-bond donors (Lipinski definition) is 2. The van der Waals surface area contributed by atoms with Gasteiger partial charge in [0.25, 0.3) is 5.91 Å². The summed E-state index contributed by atoms with van der Waals surface area (Å²) in [6, 6.07) is 3.66. The van der Waals surface area contributed by atoms with Crippen molar-refractivity contribution in [2.45, 2.75) is 18.9 Å². The average molecular weight is 260 g/mol. The van der Waals surface area contributed by atoms with Gasteiger partial charge in [0.15, 0.2) is 0 Å². The van der Waals surface area contributed by atoms with Crippen LogP contribution >= 0.6 is 0 Å². The molecule has 100 valence electrons. The molecule has 3 rings (SSSR count). The van der Waals surface area contributed by atoms with E-state index in [1.807, 2.05) is 0 Å². The van der Waals surface area contributed by atoms with Gasteiger partial charge in [-0.15, -0.1) is 5.10 Å². The summed E-state index contributed by atoms with van der Waals surface area (Å²) >= 11 is 0. The zero-order chi connectivity index (χ0) is 13.2. The number of aromatic amines is 1. The molecule has 19 heavy (non-hydrogen) atoms. The molecule has 7 heteroatoms. The third-order valence-corrected chi connectivity index (χ3v) is 3.47. The maximum Gasteiger partial charge on any atom is 0.270 e. The van der Waals surface area contributed by atoms with Crippen LogP contribution < -0.4 is 5.32 Å². The van der Waals surface area contributed by atoms with Crippen LogP contribution in [0.2, 0.25) is 0 Å². The number of pyridine rings is 1. The molecule has 1 fully saturated rings. The Kier molecular flexibility index (Phi) is 3.12. The minimum absolute atomic E-state index is 0.139. The van der Waals surface area contributed by atoms with Crippen molar-refractivity contribution < 1.29 is 4.79 Å². The molecule has 0 bridgehead atoms. The maximum atomic E-state index is 12.1. The number of likely N-dealkylation sites (tertiary alicyclic amines) is 1. The fraction of sp³-hybridized carbons (Fsp3) is 0.500. The molecule has 2 aromatic heterocycles. The first-order chi connectivity index (χ1) is 9.22. The lowest BCUT2D eigenvalue weighted by Gasteiger charge is -2.29. The molecule has 0 radical (unpaired) electrons. The van der Waals surface area contributed by atoms with Crippen molar-refractivity contribution in [2.75, 3.05) is 20.1 Å². The summed E-state index contributed by atoms with van der Waals surface area (Å²) in [5, 5.41) is 13.3. The molecule has 7 nitrogen and oxygen atoms in total. The van der Waals surface area contributed by atoms with Crippen molar-refractivity contribution in [3.05, 3.63) is 17.8 Å². The summed E-state index contributed by atoms with van der Waals surface area (Å²) in [6.07, 6.45) is 1.96. The molecule has 1 aliphatic heterocycles. The van der Waals surface area contributed by atoms with Crippen molar-refractivity contribution in [3.63, 3.8) is 0 Å². The second-order valence-electron chi connectivity index (χ2n) is 4.91. The van der Waals surface area contributed by atoms with Gasteiger partial charge in [-0.1, -0.05) is 0 Å². The van der Waals surface area contributed by atoms with Gasteiger partial charge in [-0.3, -0.25) is 4.79 Å². The van der Waals surface area contributed by atoms with Crippen molar-refractivity contribution in [3.8, 4) is 0 Å². The zero-order valence-electron chi connectivity index (χ0n) is 10.8. The number of carbonyl (C=O) groups is 1. The normalized spacial score (nSPS) is 17.7. The van der Waals surface area contributed by atoms with Gasteiger partial charge in [0.05, 0.1) is 0 Å². The number of piperidine rings is 1. The topological polar surface area (TPSA) is 86.8 Å². The largest absolute Gasteiger partial charge is 0.348 e. The molecule has 0 unspecified atom stereocenters. The third-order valence-electron chi connectivity index (χ3n) is 3.47.